The highest BCUT2D eigenvalue weighted by Gasteiger charge is 2.12. The fourth-order valence-corrected chi connectivity index (χ4v) is 1.68. The smallest absolute Gasteiger partial charge is 0.254 e. The van der Waals surface area contributed by atoms with Crippen LogP contribution in [0.15, 0.2) is 48.5 Å². The molecule has 3 nitrogen and oxygen atoms in total. The molecule has 0 fully saturated rings. The molecule has 0 atom stereocenters. The second-order valence-electron chi connectivity index (χ2n) is 4.01. The van der Waals surface area contributed by atoms with E-state index in [1.807, 2.05) is 30.3 Å². The van der Waals surface area contributed by atoms with Gasteiger partial charge in [-0.05, 0) is 17.7 Å². The number of hydrogen-bond donors (Lipinski definition) is 1. The number of nitrogens with one attached hydrogen (secondary N) is 1. The third-order valence-electron chi connectivity index (χ3n) is 2.72. The van der Waals surface area contributed by atoms with E-state index in [4.69, 9.17) is 4.74 Å². The standard InChI is InChI=1S/C15H14FNO2/c1-19-12-7-8-13(14(16)9-12)15(18)17-10-11-5-3-2-4-6-11/h2-9H,10H2,1H3,(H,17,18). The maximum atomic E-state index is 13.7. The molecule has 4 heteroatoms. The highest BCUT2D eigenvalue weighted by atomic mass is 19.1. The SMILES string of the molecule is COc1ccc(C(=O)NCc2ccccc2)c(F)c1. The molecule has 98 valence electrons. The van der Waals surface area contributed by atoms with Crippen LogP contribution < -0.4 is 10.1 Å². The Hall–Kier alpha value is -2.36. The van der Waals surface area contributed by atoms with E-state index in [0.29, 0.717) is 12.3 Å². The molecule has 0 unspecified atom stereocenters. The van der Waals surface area contributed by atoms with E-state index < -0.39 is 11.7 Å². The Labute approximate surface area is 111 Å². The number of halogens is 1. The lowest BCUT2D eigenvalue weighted by Gasteiger charge is -2.07. The van der Waals surface area contributed by atoms with Crippen molar-refractivity contribution >= 4 is 5.91 Å². The first-order valence-electron chi connectivity index (χ1n) is 5.86. The summed E-state index contributed by atoms with van der Waals surface area (Å²) >= 11 is 0. The normalized spacial score (nSPS) is 10.0. The Morgan fingerprint density at radius 1 is 1.21 bits per heavy atom. The van der Waals surface area contributed by atoms with Crippen molar-refractivity contribution in [2.24, 2.45) is 0 Å². The third-order valence-corrected chi connectivity index (χ3v) is 2.72. The summed E-state index contributed by atoms with van der Waals surface area (Å²) in [5, 5.41) is 2.67. The molecule has 0 spiro atoms. The molecule has 0 aliphatic carbocycles. The quantitative estimate of drug-likeness (QED) is 0.916. The van der Waals surface area contributed by atoms with Gasteiger partial charge in [0, 0.05) is 12.6 Å². The molecule has 0 radical (unpaired) electrons. The van der Waals surface area contributed by atoms with Crippen molar-refractivity contribution in [1.82, 2.24) is 5.32 Å². The molecule has 1 amide bonds. The van der Waals surface area contributed by atoms with Crippen LogP contribution >= 0.6 is 0 Å². The number of carbonyl (C=O) groups excluding carboxylic acids is 1. The molecular weight excluding hydrogens is 245 g/mol. The molecule has 0 aliphatic heterocycles. The van der Waals surface area contributed by atoms with Crippen molar-refractivity contribution in [3.8, 4) is 5.75 Å². The zero-order chi connectivity index (χ0) is 13.7. The summed E-state index contributed by atoms with van der Waals surface area (Å²) in [6, 6.07) is 13.6. The van der Waals surface area contributed by atoms with E-state index in [1.54, 1.807) is 6.07 Å². The molecule has 0 saturated heterocycles. The average Bonchev–Trinajstić information content (AvgIpc) is 2.45. The number of amides is 1. The molecule has 0 bridgehead atoms. The number of hydrogen-bond acceptors (Lipinski definition) is 2. The van der Waals surface area contributed by atoms with E-state index in [9.17, 15) is 9.18 Å². The summed E-state index contributed by atoms with van der Waals surface area (Å²) in [5.74, 6) is -0.647. The fourth-order valence-electron chi connectivity index (χ4n) is 1.68. The van der Waals surface area contributed by atoms with E-state index in [0.717, 1.165) is 5.56 Å². The summed E-state index contributed by atoms with van der Waals surface area (Å²) in [4.78, 5) is 11.8. The summed E-state index contributed by atoms with van der Waals surface area (Å²) < 4.78 is 18.6. The van der Waals surface area contributed by atoms with Crippen LogP contribution in [0.25, 0.3) is 0 Å². The van der Waals surface area contributed by atoms with E-state index in [1.165, 1.54) is 19.2 Å². The first kappa shape index (κ1) is 13.1. The largest absolute Gasteiger partial charge is 0.497 e. The molecule has 2 aromatic carbocycles. The Bertz CT molecular complexity index is 570. The molecule has 0 heterocycles. The fraction of sp³-hybridized carbons (Fsp3) is 0.133. The minimum absolute atomic E-state index is 0.0109. The van der Waals surface area contributed by atoms with Crippen LogP contribution in [0.5, 0.6) is 5.75 Å². The third kappa shape index (κ3) is 3.31. The number of carbonyl (C=O) groups is 1. The van der Waals surface area contributed by atoms with Crippen molar-refractivity contribution in [1.29, 1.82) is 0 Å². The van der Waals surface area contributed by atoms with Gasteiger partial charge in [-0.15, -0.1) is 0 Å². The van der Waals surface area contributed by atoms with Gasteiger partial charge in [0.15, 0.2) is 0 Å². The van der Waals surface area contributed by atoms with Gasteiger partial charge in [-0.25, -0.2) is 4.39 Å². The van der Waals surface area contributed by atoms with Crippen molar-refractivity contribution in [3.63, 3.8) is 0 Å². The predicted octanol–water partition coefficient (Wildman–Crippen LogP) is 2.76. The van der Waals surface area contributed by atoms with Gasteiger partial charge in [-0.3, -0.25) is 4.79 Å². The highest BCUT2D eigenvalue weighted by molar-refractivity contribution is 5.94. The van der Waals surface area contributed by atoms with Gasteiger partial charge in [0.2, 0.25) is 0 Å². The van der Waals surface area contributed by atoms with Gasteiger partial charge >= 0.3 is 0 Å². The van der Waals surface area contributed by atoms with Crippen molar-refractivity contribution in [2.75, 3.05) is 7.11 Å². The molecular formula is C15H14FNO2. The summed E-state index contributed by atoms with van der Waals surface area (Å²) in [5.41, 5.74) is 0.974. The van der Waals surface area contributed by atoms with Crippen molar-refractivity contribution < 1.29 is 13.9 Å². The molecule has 0 saturated carbocycles. The number of ether oxygens (including phenoxy) is 1. The lowest BCUT2D eigenvalue weighted by Crippen LogP contribution is -2.23. The van der Waals surface area contributed by atoms with Crippen molar-refractivity contribution in [2.45, 2.75) is 6.54 Å². The monoisotopic (exact) mass is 259 g/mol. The Morgan fingerprint density at radius 2 is 1.95 bits per heavy atom. The van der Waals surface area contributed by atoms with Crippen LogP contribution in [0.1, 0.15) is 15.9 Å². The zero-order valence-corrected chi connectivity index (χ0v) is 10.5. The number of rotatable bonds is 4. The summed E-state index contributed by atoms with van der Waals surface area (Å²) in [6.45, 7) is 0.366. The summed E-state index contributed by atoms with van der Waals surface area (Å²) in [7, 11) is 1.45. The van der Waals surface area contributed by atoms with Gasteiger partial charge in [0.25, 0.3) is 5.91 Å². The van der Waals surface area contributed by atoms with E-state index in [-0.39, 0.29) is 5.56 Å². The zero-order valence-electron chi connectivity index (χ0n) is 10.5. The van der Waals surface area contributed by atoms with Crippen LogP contribution in [-0.4, -0.2) is 13.0 Å². The average molecular weight is 259 g/mol. The topological polar surface area (TPSA) is 38.3 Å². The second-order valence-corrected chi connectivity index (χ2v) is 4.01. The maximum absolute atomic E-state index is 13.7. The van der Waals surface area contributed by atoms with E-state index in [2.05, 4.69) is 5.32 Å². The minimum Gasteiger partial charge on any atom is -0.497 e. The van der Waals surface area contributed by atoms with Gasteiger partial charge in [-0.1, -0.05) is 30.3 Å². The first-order valence-corrected chi connectivity index (χ1v) is 5.86. The van der Waals surface area contributed by atoms with Gasteiger partial charge in [-0.2, -0.15) is 0 Å². The maximum Gasteiger partial charge on any atom is 0.254 e. The van der Waals surface area contributed by atoms with Gasteiger partial charge in [0.1, 0.15) is 11.6 Å². The molecule has 2 rings (SSSR count). The number of benzene rings is 2. The van der Waals surface area contributed by atoms with Crippen LogP contribution in [0.2, 0.25) is 0 Å². The van der Waals surface area contributed by atoms with Crippen LogP contribution in [0.3, 0.4) is 0 Å². The lowest BCUT2D eigenvalue weighted by atomic mass is 10.1. The van der Waals surface area contributed by atoms with Crippen molar-refractivity contribution in [3.05, 3.63) is 65.5 Å². The first-order chi connectivity index (χ1) is 9.20. The Kier molecular flexibility index (Phi) is 4.13. The second kappa shape index (κ2) is 6.00. The number of methoxy groups -OCH3 is 1. The molecule has 0 aromatic heterocycles. The Morgan fingerprint density at radius 3 is 2.58 bits per heavy atom. The predicted molar refractivity (Wildman–Crippen MR) is 70.6 cm³/mol. The molecule has 0 aliphatic rings. The van der Waals surface area contributed by atoms with Gasteiger partial charge < -0.3 is 10.1 Å². The molecule has 19 heavy (non-hydrogen) atoms. The Balaban J connectivity index is 2.04. The van der Waals surface area contributed by atoms with Gasteiger partial charge in [0.05, 0.1) is 12.7 Å². The lowest BCUT2D eigenvalue weighted by molar-refractivity contribution is 0.0947. The van der Waals surface area contributed by atoms with Crippen LogP contribution in [0.4, 0.5) is 4.39 Å². The molecule has 1 N–H and O–H groups in total. The summed E-state index contributed by atoms with van der Waals surface area (Å²) in [6.07, 6.45) is 0. The molecule has 2 aromatic rings. The minimum atomic E-state index is -0.593. The van der Waals surface area contributed by atoms with E-state index >= 15 is 0 Å². The van der Waals surface area contributed by atoms with Crippen LogP contribution in [-0.2, 0) is 6.54 Å². The highest BCUT2D eigenvalue weighted by Crippen LogP contribution is 2.16. The van der Waals surface area contributed by atoms with Crippen LogP contribution in [0, 0.1) is 5.82 Å².